The number of amides is 1. The summed E-state index contributed by atoms with van der Waals surface area (Å²) in [6.45, 7) is 5.84. The maximum absolute atomic E-state index is 11.9. The van der Waals surface area contributed by atoms with E-state index < -0.39 is 5.60 Å². The topological polar surface area (TPSA) is 56.6 Å². The van der Waals surface area contributed by atoms with Gasteiger partial charge in [0, 0.05) is 14.1 Å². The number of carbonyl (C=O) groups is 1. The molecule has 0 bridgehead atoms. The molecule has 1 amide bonds. The Morgan fingerprint density at radius 1 is 1.47 bits per heavy atom. The van der Waals surface area contributed by atoms with Crippen molar-refractivity contribution in [3.8, 4) is 5.88 Å². The highest BCUT2D eigenvalue weighted by Crippen LogP contribution is 2.28. The molecular formula is C12H20BrN3O3. The lowest BCUT2D eigenvalue weighted by atomic mass is 10.2. The van der Waals surface area contributed by atoms with Crippen LogP contribution < -0.4 is 4.74 Å². The maximum Gasteiger partial charge on any atom is 0.410 e. The van der Waals surface area contributed by atoms with E-state index in [1.54, 1.807) is 25.9 Å². The number of ether oxygens (including phenoxy) is 2. The van der Waals surface area contributed by atoms with Crippen molar-refractivity contribution in [3.63, 3.8) is 0 Å². The third kappa shape index (κ3) is 4.12. The third-order valence-electron chi connectivity index (χ3n) is 2.29. The zero-order valence-electron chi connectivity index (χ0n) is 12.2. The minimum Gasteiger partial charge on any atom is -0.480 e. The first-order chi connectivity index (χ1) is 8.65. The summed E-state index contributed by atoms with van der Waals surface area (Å²) in [5, 5.41) is 4.30. The minimum atomic E-state index is -0.510. The van der Waals surface area contributed by atoms with Gasteiger partial charge in [0.15, 0.2) is 0 Å². The van der Waals surface area contributed by atoms with Crippen LogP contribution in [0.3, 0.4) is 0 Å². The molecule has 0 aromatic carbocycles. The molecule has 1 aromatic rings. The average Bonchev–Trinajstić information content (AvgIpc) is 2.51. The number of aromatic nitrogens is 2. The highest BCUT2D eigenvalue weighted by molar-refractivity contribution is 9.10. The van der Waals surface area contributed by atoms with Crippen molar-refractivity contribution >= 4 is 22.0 Å². The second-order valence-corrected chi connectivity index (χ2v) is 6.02. The van der Waals surface area contributed by atoms with Crippen LogP contribution in [0, 0.1) is 0 Å². The van der Waals surface area contributed by atoms with Crippen molar-refractivity contribution in [3.05, 3.63) is 10.2 Å². The van der Waals surface area contributed by atoms with Crippen LogP contribution >= 0.6 is 15.9 Å². The van der Waals surface area contributed by atoms with Gasteiger partial charge in [-0.3, -0.25) is 0 Å². The van der Waals surface area contributed by atoms with E-state index in [9.17, 15) is 4.79 Å². The quantitative estimate of drug-likeness (QED) is 0.852. The van der Waals surface area contributed by atoms with Gasteiger partial charge in [-0.25, -0.2) is 9.48 Å². The summed E-state index contributed by atoms with van der Waals surface area (Å²) in [6, 6.07) is 0. The highest BCUT2D eigenvalue weighted by Gasteiger charge is 2.22. The Morgan fingerprint density at radius 3 is 2.47 bits per heavy atom. The fourth-order valence-corrected chi connectivity index (χ4v) is 2.11. The largest absolute Gasteiger partial charge is 0.480 e. The monoisotopic (exact) mass is 333 g/mol. The van der Waals surface area contributed by atoms with Gasteiger partial charge in [0.1, 0.15) is 15.8 Å². The Morgan fingerprint density at radius 2 is 2.05 bits per heavy atom. The lowest BCUT2D eigenvalue weighted by Crippen LogP contribution is -2.34. The van der Waals surface area contributed by atoms with Crippen molar-refractivity contribution in [2.75, 3.05) is 14.2 Å². The van der Waals surface area contributed by atoms with Gasteiger partial charge in [-0.05, 0) is 36.7 Å². The smallest absolute Gasteiger partial charge is 0.410 e. The van der Waals surface area contributed by atoms with Gasteiger partial charge in [-0.2, -0.15) is 5.10 Å². The molecule has 0 saturated carbocycles. The average molecular weight is 334 g/mol. The van der Waals surface area contributed by atoms with Crippen LogP contribution in [0.2, 0.25) is 0 Å². The van der Waals surface area contributed by atoms with Crippen LogP contribution in [0.1, 0.15) is 26.5 Å². The second-order valence-electron chi connectivity index (χ2n) is 5.23. The zero-order chi connectivity index (χ0) is 14.8. The first-order valence-corrected chi connectivity index (χ1v) is 6.64. The van der Waals surface area contributed by atoms with Crippen molar-refractivity contribution in [1.29, 1.82) is 0 Å². The predicted molar refractivity (Wildman–Crippen MR) is 75.2 cm³/mol. The number of carbonyl (C=O) groups excluding carboxylic acids is 1. The highest BCUT2D eigenvalue weighted by atomic mass is 79.9. The molecule has 108 valence electrons. The fourth-order valence-electron chi connectivity index (χ4n) is 1.49. The summed E-state index contributed by atoms with van der Waals surface area (Å²) in [6.07, 6.45) is -0.385. The number of nitrogens with zero attached hydrogens (tertiary/aromatic N) is 3. The molecule has 1 aromatic heterocycles. The molecule has 0 spiro atoms. The lowest BCUT2D eigenvalue weighted by molar-refractivity contribution is 0.0282. The van der Waals surface area contributed by atoms with E-state index in [4.69, 9.17) is 9.47 Å². The lowest BCUT2D eigenvalue weighted by Gasteiger charge is -2.24. The van der Waals surface area contributed by atoms with Crippen LogP contribution in [0.25, 0.3) is 0 Å². The molecule has 0 unspecified atom stereocenters. The van der Waals surface area contributed by atoms with Gasteiger partial charge in [0.25, 0.3) is 0 Å². The number of rotatable bonds is 3. The number of methoxy groups -OCH3 is 1. The number of aryl methyl sites for hydroxylation is 1. The van der Waals surface area contributed by atoms with Gasteiger partial charge < -0.3 is 14.4 Å². The summed E-state index contributed by atoms with van der Waals surface area (Å²) in [5.74, 6) is 0.618. The summed E-state index contributed by atoms with van der Waals surface area (Å²) < 4.78 is 12.8. The Labute approximate surface area is 121 Å². The molecule has 0 saturated heterocycles. The first-order valence-electron chi connectivity index (χ1n) is 5.85. The van der Waals surface area contributed by atoms with Gasteiger partial charge in [-0.15, -0.1) is 0 Å². The zero-order valence-corrected chi connectivity index (χ0v) is 13.7. The number of hydrogen-bond donors (Lipinski definition) is 0. The summed E-state index contributed by atoms with van der Waals surface area (Å²) in [7, 11) is 5.02. The maximum atomic E-state index is 11.9. The van der Waals surface area contributed by atoms with Crippen molar-refractivity contribution in [2.24, 2.45) is 7.05 Å². The van der Waals surface area contributed by atoms with E-state index in [1.807, 2.05) is 20.8 Å². The van der Waals surface area contributed by atoms with Crippen molar-refractivity contribution in [2.45, 2.75) is 32.9 Å². The molecule has 1 heterocycles. The van der Waals surface area contributed by atoms with Crippen molar-refractivity contribution < 1.29 is 14.3 Å². The Kier molecular flexibility index (Phi) is 4.84. The summed E-state index contributed by atoms with van der Waals surface area (Å²) >= 11 is 3.41. The van der Waals surface area contributed by atoms with E-state index in [0.29, 0.717) is 18.1 Å². The molecule has 0 fully saturated rings. The van der Waals surface area contributed by atoms with E-state index in [0.717, 1.165) is 4.47 Å². The molecule has 0 aliphatic rings. The van der Waals surface area contributed by atoms with E-state index >= 15 is 0 Å². The van der Waals surface area contributed by atoms with Crippen LogP contribution in [0.4, 0.5) is 4.79 Å². The molecule has 0 aliphatic heterocycles. The number of hydrogen-bond acceptors (Lipinski definition) is 4. The Hall–Kier alpha value is -1.24. The summed E-state index contributed by atoms with van der Waals surface area (Å²) in [4.78, 5) is 13.3. The van der Waals surface area contributed by atoms with Crippen LogP contribution in [0.15, 0.2) is 4.47 Å². The Balaban J connectivity index is 2.77. The van der Waals surface area contributed by atoms with Crippen molar-refractivity contribution in [1.82, 2.24) is 14.7 Å². The van der Waals surface area contributed by atoms with Gasteiger partial charge in [0.2, 0.25) is 5.88 Å². The summed E-state index contributed by atoms with van der Waals surface area (Å²) in [5.41, 5.74) is 0.206. The van der Waals surface area contributed by atoms with E-state index in [-0.39, 0.29) is 6.09 Å². The molecule has 19 heavy (non-hydrogen) atoms. The van der Waals surface area contributed by atoms with Crippen LogP contribution in [-0.2, 0) is 18.3 Å². The Bertz CT molecular complexity index is 466. The molecule has 0 atom stereocenters. The molecular weight excluding hydrogens is 314 g/mol. The van der Waals surface area contributed by atoms with Gasteiger partial charge >= 0.3 is 6.09 Å². The predicted octanol–water partition coefficient (Wildman–Crippen LogP) is 2.56. The molecule has 6 nitrogen and oxygen atoms in total. The third-order valence-corrected chi connectivity index (χ3v) is 3.09. The molecule has 0 aliphatic carbocycles. The normalized spacial score (nSPS) is 11.3. The molecule has 1 rings (SSSR count). The van der Waals surface area contributed by atoms with E-state index in [1.165, 1.54) is 4.90 Å². The fraction of sp³-hybridized carbons (Fsp3) is 0.667. The van der Waals surface area contributed by atoms with Gasteiger partial charge in [-0.1, -0.05) is 0 Å². The van der Waals surface area contributed by atoms with E-state index in [2.05, 4.69) is 21.0 Å². The first kappa shape index (κ1) is 15.8. The van der Waals surface area contributed by atoms with Crippen LogP contribution in [0.5, 0.6) is 5.88 Å². The number of halogens is 1. The minimum absolute atomic E-state index is 0.340. The standard InChI is InChI=1S/C12H20BrN3O3/c1-12(2,3)19-11(17)15(4)7-8-9(13)10(18-6)16(5)14-8/h7H2,1-6H3. The van der Waals surface area contributed by atoms with Gasteiger partial charge in [0.05, 0.1) is 13.7 Å². The van der Waals surface area contributed by atoms with Crippen LogP contribution in [-0.4, -0.2) is 40.5 Å². The second kappa shape index (κ2) is 5.81. The molecule has 0 N–H and O–H groups in total. The molecule has 7 heteroatoms. The SMILES string of the molecule is COc1c(Br)c(CN(C)C(=O)OC(C)(C)C)nn1C. The molecule has 0 radical (unpaired) electrons.